The normalized spacial score (nSPS) is 11.0. The molecule has 0 saturated carbocycles. The molecule has 0 spiro atoms. The summed E-state index contributed by atoms with van der Waals surface area (Å²) in [5, 5.41) is 8.98. The Morgan fingerprint density at radius 1 is 1.03 bits per heavy atom. The standard InChI is InChI=1S/C12H17N4OS.C12H26O3S.ClH/c1-8-11(3-4-17)18-7-16(8)6-10-5-14-9(2)15-12(10)13;1-2-3-4-5-6-7-8-9-10-11-12-16(13,14)15;/h5,7,17H,3-4,6H2,1-2H3,(H2,13,14,15);2-12H2,1H3,(H,13,14,15);1H/q+1;;/p-1. The highest BCUT2D eigenvalue weighted by atomic mass is 35.5. The molecule has 2 rings (SSSR count). The predicted octanol–water partition coefficient (Wildman–Crippen LogP) is 1.41. The quantitative estimate of drug-likeness (QED) is 0.173. The average molecular weight is 551 g/mol. The van der Waals surface area contributed by atoms with Crippen molar-refractivity contribution in [2.24, 2.45) is 0 Å². The summed E-state index contributed by atoms with van der Waals surface area (Å²) in [5.74, 6) is 1.14. The fourth-order valence-electron chi connectivity index (χ4n) is 3.54. The highest BCUT2D eigenvalue weighted by Gasteiger charge is 2.17. The number of unbranched alkanes of at least 4 members (excludes halogenated alkanes) is 9. The van der Waals surface area contributed by atoms with Gasteiger partial charge < -0.3 is 23.2 Å². The molecule has 11 heteroatoms. The van der Waals surface area contributed by atoms with E-state index in [9.17, 15) is 8.42 Å². The summed E-state index contributed by atoms with van der Waals surface area (Å²) < 4.78 is 31.5. The number of halogens is 1. The number of rotatable bonds is 15. The van der Waals surface area contributed by atoms with Gasteiger partial charge in [0.15, 0.2) is 12.2 Å². The van der Waals surface area contributed by atoms with Crippen LogP contribution in [0, 0.1) is 13.8 Å². The third-order valence-electron chi connectivity index (χ3n) is 5.61. The molecule has 0 aliphatic heterocycles. The first-order valence-corrected chi connectivity index (χ1v) is 14.8. The van der Waals surface area contributed by atoms with Crippen molar-refractivity contribution < 1.29 is 35.1 Å². The molecule has 0 saturated heterocycles. The SMILES string of the molecule is CCCCCCCCCCCCS(=O)(=O)O.Cc1ncc(C[n+]2csc(CCO)c2C)c(N)n1.[Cl-]. The van der Waals surface area contributed by atoms with E-state index in [4.69, 9.17) is 15.4 Å². The Labute approximate surface area is 221 Å². The Morgan fingerprint density at radius 3 is 2.11 bits per heavy atom. The van der Waals surface area contributed by atoms with Crippen LogP contribution in [-0.2, 0) is 23.1 Å². The first-order valence-electron chi connectivity index (χ1n) is 12.3. The van der Waals surface area contributed by atoms with Crippen LogP contribution in [0.1, 0.15) is 93.1 Å². The van der Waals surface area contributed by atoms with Crippen LogP contribution in [0.25, 0.3) is 0 Å². The second-order valence-electron chi connectivity index (χ2n) is 8.63. The summed E-state index contributed by atoms with van der Waals surface area (Å²) in [4.78, 5) is 9.53. The van der Waals surface area contributed by atoms with Gasteiger partial charge in [-0.25, -0.2) is 9.97 Å². The summed E-state index contributed by atoms with van der Waals surface area (Å²) in [7, 11) is -3.73. The summed E-state index contributed by atoms with van der Waals surface area (Å²) in [6.07, 6.45) is 14.1. The van der Waals surface area contributed by atoms with E-state index in [-0.39, 0.29) is 24.8 Å². The zero-order chi connectivity index (χ0) is 25.4. The largest absolute Gasteiger partial charge is 1.00 e. The zero-order valence-corrected chi connectivity index (χ0v) is 23.8. The van der Waals surface area contributed by atoms with Crippen molar-refractivity contribution >= 4 is 27.3 Å². The van der Waals surface area contributed by atoms with Crippen LogP contribution in [0.15, 0.2) is 11.7 Å². The maximum atomic E-state index is 10.4. The van der Waals surface area contributed by atoms with Crippen LogP contribution in [0.3, 0.4) is 0 Å². The highest BCUT2D eigenvalue weighted by Crippen LogP contribution is 2.14. The second kappa shape index (κ2) is 18.9. The van der Waals surface area contributed by atoms with E-state index in [2.05, 4.69) is 21.5 Å². The molecule has 2 aromatic rings. The number of aliphatic hydroxyl groups excluding tert-OH is 1. The van der Waals surface area contributed by atoms with E-state index in [1.54, 1.807) is 17.5 Å². The molecule has 0 bridgehead atoms. The lowest BCUT2D eigenvalue weighted by molar-refractivity contribution is -0.689. The van der Waals surface area contributed by atoms with E-state index in [0.29, 0.717) is 31.0 Å². The van der Waals surface area contributed by atoms with E-state index >= 15 is 0 Å². The number of aliphatic hydroxyl groups is 1. The lowest BCUT2D eigenvalue weighted by atomic mass is 10.1. The molecule has 0 aliphatic rings. The van der Waals surface area contributed by atoms with Crippen molar-refractivity contribution in [3.63, 3.8) is 0 Å². The van der Waals surface area contributed by atoms with Gasteiger partial charge in [-0.2, -0.15) is 13.0 Å². The van der Waals surface area contributed by atoms with Crippen molar-refractivity contribution in [1.82, 2.24) is 9.97 Å². The van der Waals surface area contributed by atoms with Crippen LogP contribution in [0.2, 0.25) is 0 Å². The molecule has 202 valence electrons. The number of hydrogen-bond acceptors (Lipinski definition) is 7. The Bertz CT molecular complexity index is 940. The van der Waals surface area contributed by atoms with Crippen molar-refractivity contribution in [2.75, 3.05) is 18.1 Å². The zero-order valence-electron chi connectivity index (χ0n) is 21.4. The number of hydrogen-bond donors (Lipinski definition) is 3. The molecule has 0 unspecified atom stereocenters. The molecule has 0 amide bonds. The van der Waals surface area contributed by atoms with E-state index < -0.39 is 10.1 Å². The molecule has 0 aliphatic carbocycles. The predicted molar refractivity (Wildman–Crippen MR) is 139 cm³/mol. The molecule has 0 atom stereocenters. The fourth-order valence-corrected chi connectivity index (χ4v) is 5.09. The third kappa shape index (κ3) is 15.4. The minimum Gasteiger partial charge on any atom is -1.00 e. The summed E-state index contributed by atoms with van der Waals surface area (Å²) in [6.45, 7) is 6.93. The fraction of sp³-hybridized carbons (Fsp3) is 0.708. The Morgan fingerprint density at radius 2 is 1.60 bits per heavy atom. The third-order valence-corrected chi connectivity index (χ3v) is 7.56. The van der Waals surface area contributed by atoms with E-state index in [0.717, 1.165) is 24.1 Å². The van der Waals surface area contributed by atoms with Crippen LogP contribution in [0.4, 0.5) is 5.82 Å². The van der Waals surface area contributed by atoms with Crippen molar-refractivity contribution in [3.05, 3.63) is 33.7 Å². The first kappa shape index (κ1) is 33.7. The number of nitrogens with zero attached hydrogens (tertiary/aromatic N) is 3. The van der Waals surface area contributed by atoms with Gasteiger partial charge in [0, 0.05) is 26.1 Å². The molecule has 35 heavy (non-hydrogen) atoms. The van der Waals surface area contributed by atoms with Gasteiger partial charge in [0.2, 0.25) is 5.51 Å². The van der Waals surface area contributed by atoms with Gasteiger partial charge in [-0.05, 0) is 13.3 Å². The number of aromatic nitrogens is 3. The molecular formula is C24H43ClN4O4S2. The number of anilines is 1. The molecule has 8 nitrogen and oxygen atoms in total. The Kier molecular flexibility index (Phi) is 18.2. The van der Waals surface area contributed by atoms with Gasteiger partial charge in [0.1, 0.15) is 11.6 Å². The molecule has 2 aromatic heterocycles. The smallest absolute Gasteiger partial charge is 0.264 e. The lowest BCUT2D eigenvalue weighted by Crippen LogP contribution is -3.00. The maximum absolute atomic E-state index is 10.4. The molecule has 2 heterocycles. The van der Waals surface area contributed by atoms with Crippen LogP contribution in [-0.4, -0.2) is 40.4 Å². The highest BCUT2D eigenvalue weighted by molar-refractivity contribution is 7.85. The van der Waals surface area contributed by atoms with Crippen LogP contribution < -0.4 is 22.7 Å². The van der Waals surface area contributed by atoms with Crippen LogP contribution >= 0.6 is 11.3 Å². The van der Waals surface area contributed by atoms with Crippen LogP contribution in [0.5, 0.6) is 0 Å². The molecule has 4 N–H and O–H groups in total. The topological polar surface area (TPSA) is 130 Å². The Hall–Kier alpha value is -1.33. The minimum atomic E-state index is -3.73. The molecular weight excluding hydrogens is 508 g/mol. The number of nitrogen functional groups attached to an aromatic ring is 1. The maximum Gasteiger partial charge on any atom is 0.264 e. The molecule has 0 fully saturated rings. The minimum absolute atomic E-state index is 0. The van der Waals surface area contributed by atoms with Crippen molar-refractivity contribution in [2.45, 2.75) is 97.9 Å². The van der Waals surface area contributed by atoms with Gasteiger partial charge in [0.05, 0.1) is 16.2 Å². The lowest BCUT2D eigenvalue weighted by Gasteiger charge is -2.01. The Balaban J connectivity index is 0.000000648. The number of aryl methyl sites for hydroxylation is 1. The molecule has 0 radical (unpaired) electrons. The van der Waals surface area contributed by atoms with Gasteiger partial charge in [0.25, 0.3) is 10.1 Å². The van der Waals surface area contributed by atoms with Gasteiger partial charge >= 0.3 is 0 Å². The number of thiazole rings is 1. The van der Waals surface area contributed by atoms with E-state index in [1.165, 1.54) is 49.8 Å². The average Bonchev–Trinajstić information content (AvgIpc) is 3.11. The van der Waals surface area contributed by atoms with E-state index in [1.807, 2.05) is 19.4 Å². The van der Waals surface area contributed by atoms with Crippen molar-refractivity contribution in [3.8, 4) is 0 Å². The summed E-state index contributed by atoms with van der Waals surface area (Å²) >= 11 is 1.65. The monoisotopic (exact) mass is 550 g/mol. The van der Waals surface area contributed by atoms with Gasteiger partial charge in [-0.3, -0.25) is 4.55 Å². The van der Waals surface area contributed by atoms with Crippen molar-refractivity contribution in [1.29, 1.82) is 0 Å². The first-order chi connectivity index (χ1) is 16.2. The van der Waals surface area contributed by atoms with Gasteiger partial charge in [-0.15, -0.1) is 0 Å². The summed E-state index contributed by atoms with van der Waals surface area (Å²) in [6, 6.07) is 0. The molecule has 0 aromatic carbocycles. The second-order valence-corrected chi connectivity index (χ2v) is 11.1. The summed E-state index contributed by atoms with van der Waals surface area (Å²) in [5.41, 5.74) is 10.0. The van der Waals surface area contributed by atoms with Gasteiger partial charge in [-0.1, -0.05) is 76.0 Å². The number of nitrogens with two attached hydrogens (primary N) is 1.